The number of carbonyl (C=O) groups is 2. The molecule has 3 fully saturated rings. The van der Waals surface area contributed by atoms with Crippen LogP contribution in [0.3, 0.4) is 0 Å². The summed E-state index contributed by atoms with van der Waals surface area (Å²) < 4.78 is 0. The summed E-state index contributed by atoms with van der Waals surface area (Å²) in [5.74, 6) is 1.52. The second kappa shape index (κ2) is 6.19. The molecule has 3 rings (SSSR count). The average molecular weight is 308 g/mol. The minimum atomic E-state index is -0.583. The minimum absolute atomic E-state index is 0.0359. The van der Waals surface area contributed by atoms with Gasteiger partial charge in [0.2, 0.25) is 0 Å². The van der Waals surface area contributed by atoms with Gasteiger partial charge in [-0.25, -0.2) is 9.69 Å². The van der Waals surface area contributed by atoms with E-state index < -0.39 is 5.54 Å². The van der Waals surface area contributed by atoms with Crippen LogP contribution in [0.4, 0.5) is 4.79 Å². The molecule has 3 amide bonds. The fraction of sp³-hybridized carbons (Fsp3) is 0.882. The standard InChI is InChI=1S/C17H29N3O2/c1-3-10-19(11-14-4-5-14)12-20-15(21)17(18-16(20)22)8-6-13(2)7-9-17/h13-14H,3-12H2,1-2H3,(H,18,22)/p+1. The van der Waals surface area contributed by atoms with Gasteiger partial charge in [0.05, 0.1) is 13.1 Å². The van der Waals surface area contributed by atoms with E-state index in [-0.39, 0.29) is 11.9 Å². The zero-order valence-corrected chi connectivity index (χ0v) is 14.0. The molecule has 1 saturated heterocycles. The third-order valence-electron chi connectivity index (χ3n) is 5.63. The van der Waals surface area contributed by atoms with Crippen LogP contribution in [0.15, 0.2) is 0 Å². The molecule has 1 heterocycles. The van der Waals surface area contributed by atoms with Gasteiger partial charge >= 0.3 is 6.03 Å². The molecule has 0 aromatic rings. The van der Waals surface area contributed by atoms with Crippen molar-refractivity contribution in [1.29, 1.82) is 0 Å². The molecule has 0 aromatic heterocycles. The summed E-state index contributed by atoms with van der Waals surface area (Å²) >= 11 is 0. The number of imide groups is 1. The van der Waals surface area contributed by atoms with Crippen molar-refractivity contribution >= 4 is 11.9 Å². The van der Waals surface area contributed by atoms with Crippen molar-refractivity contribution in [3.8, 4) is 0 Å². The molecular formula is C17H30N3O2+. The SMILES string of the molecule is CCC[NH+](CC1CC1)CN1C(=O)NC2(CCC(C)CC2)C1=O. The normalized spacial score (nSPS) is 33.4. The lowest BCUT2D eigenvalue weighted by molar-refractivity contribution is -0.909. The van der Waals surface area contributed by atoms with Gasteiger partial charge in [-0.3, -0.25) is 4.79 Å². The van der Waals surface area contributed by atoms with Gasteiger partial charge in [-0.1, -0.05) is 13.8 Å². The first kappa shape index (κ1) is 15.8. The van der Waals surface area contributed by atoms with E-state index >= 15 is 0 Å². The van der Waals surface area contributed by atoms with Crippen molar-refractivity contribution in [2.75, 3.05) is 19.8 Å². The highest BCUT2D eigenvalue weighted by atomic mass is 16.2. The molecule has 2 saturated carbocycles. The first-order chi connectivity index (χ1) is 10.5. The molecule has 1 spiro atoms. The topological polar surface area (TPSA) is 53.9 Å². The van der Waals surface area contributed by atoms with E-state index in [1.807, 2.05) is 0 Å². The van der Waals surface area contributed by atoms with Gasteiger partial charge in [0.15, 0.2) is 6.67 Å². The molecule has 0 radical (unpaired) electrons. The molecule has 0 bridgehead atoms. The maximum Gasteiger partial charge on any atom is 0.329 e. The maximum absolute atomic E-state index is 12.9. The molecule has 1 aliphatic heterocycles. The summed E-state index contributed by atoms with van der Waals surface area (Å²) in [7, 11) is 0. The molecule has 124 valence electrons. The molecule has 3 aliphatic rings. The number of carbonyl (C=O) groups excluding carboxylic acids is 2. The highest BCUT2D eigenvalue weighted by Gasteiger charge is 2.53. The number of hydrogen-bond donors (Lipinski definition) is 2. The van der Waals surface area contributed by atoms with Crippen LogP contribution in [-0.4, -0.2) is 42.1 Å². The molecule has 1 unspecified atom stereocenters. The van der Waals surface area contributed by atoms with E-state index in [2.05, 4.69) is 19.2 Å². The Kier molecular flexibility index (Phi) is 4.44. The Morgan fingerprint density at radius 3 is 2.50 bits per heavy atom. The number of quaternary nitrogens is 1. The van der Waals surface area contributed by atoms with E-state index in [1.165, 1.54) is 22.6 Å². The van der Waals surface area contributed by atoms with Crippen LogP contribution < -0.4 is 10.2 Å². The van der Waals surface area contributed by atoms with Crippen molar-refractivity contribution in [3.63, 3.8) is 0 Å². The first-order valence-electron chi connectivity index (χ1n) is 9.02. The maximum atomic E-state index is 12.9. The minimum Gasteiger partial charge on any atom is -0.323 e. The van der Waals surface area contributed by atoms with Crippen molar-refractivity contribution < 1.29 is 14.5 Å². The van der Waals surface area contributed by atoms with Crippen LogP contribution in [0, 0.1) is 11.8 Å². The van der Waals surface area contributed by atoms with Gasteiger partial charge < -0.3 is 10.2 Å². The summed E-state index contributed by atoms with van der Waals surface area (Å²) in [5.41, 5.74) is -0.583. The zero-order valence-electron chi connectivity index (χ0n) is 14.0. The van der Waals surface area contributed by atoms with Crippen molar-refractivity contribution in [3.05, 3.63) is 0 Å². The third-order valence-corrected chi connectivity index (χ3v) is 5.63. The highest BCUT2D eigenvalue weighted by molar-refractivity contribution is 6.06. The Hall–Kier alpha value is -1.10. The quantitative estimate of drug-likeness (QED) is 0.723. The Morgan fingerprint density at radius 1 is 1.23 bits per heavy atom. The van der Waals surface area contributed by atoms with E-state index in [9.17, 15) is 9.59 Å². The van der Waals surface area contributed by atoms with Crippen LogP contribution in [0.2, 0.25) is 0 Å². The second-order valence-corrected chi connectivity index (χ2v) is 7.73. The predicted octanol–water partition coefficient (Wildman–Crippen LogP) is 1.15. The monoisotopic (exact) mass is 308 g/mol. The fourth-order valence-corrected chi connectivity index (χ4v) is 3.97. The van der Waals surface area contributed by atoms with Crippen LogP contribution in [0.1, 0.15) is 58.8 Å². The number of nitrogens with zero attached hydrogens (tertiary/aromatic N) is 1. The number of amides is 3. The summed E-state index contributed by atoms with van der Waals surface area (Å²) in [5, 5.41) is 3.03. The van der Waals surface area contributed by atoms with E-state index in [4.69, 9.17) is 0 Å². The highest BCUT2D eigenvalue weighted by Crippen LogP contribution is 2.36. The second-order valence-electron chi connectivity index (χ2n) is 7.73. The van der Waals surface area contributed by atoms with Gasteiger partial charge in [0.1, 0.15) is 5.54 Å². The molecule has 2 aliphatic carbocycles. The largest absolute Gasteiger partial charge is 0.329 e. The van der Waals surface area contributed by atoms with Gasteiger partial charge in [0.25, 0.3) is 5.91 Å². The third kappa shape index (κ3) is 3.14. The Labute approximate surface area is 133 Å². The Morgan fingerprint density at radius 2 is 1.91 bits per heavy atom. The van der Waals surface area contributed by atoms with Crippen LogP contribution >= 0.6 is 0 Å². The van der Waals surface area contributed by atoms with Crippen LogP contribution in [0.25, 0.3) is 0 Å². The predicted molar refractivity (Wildman–Crippen MR) is 84.3 cm³/mol. The average Bonchev–Trinajstić information content (AvgIpc) is 3.27. The van der Waals surface area contributed by atoms with Crippen LogP contribution in [-0.2, 0) is 4.79 Å². The smallest absolute Gasteiger partial charge is 0.323 e. The fourth-order valence-electron chi connectivity index (χ4n) is 3.97. The van der Waals surface area contributed by atoms with E-state index in [0.717, 1.165) is 51.1 Å². The van der Waals surface area contributed by atoms with Gasteiger partial charge in [-0.05, 0) is 50.9 Å². The first-order valence-corrected chi connectivity index (χ1v) is 9.02. The molecule has 2 N–H and O–H groups in total. The number of nitrogens with one attached hydrogen (secondary N) is 2. The lowest BCUT2D eigenvalue weighted by Gasteiger charge is -2.33. The molecule has 5 nitrogen and oxygen atoms in total. The molecule has 0 aromatic carbocycles. The molecule has 5 heteroatoms. The number of rotatable bonds is 6. The summed E-state index contributed by atoms with van der Waals surface area (Å²) in [6, 6.07) is -0.163. The number of urea groups is 1. The van der Waals surface area contributed by atoms with Gasteiger partial charge in [0, 0.05) is 5.92 Å². The Balaban J connectivity index is 1.65. The van der Waals surface area contributed by atoms with Gasteiger partial charge in [-0.2, -0.15) is 0 Å². The van der Waals surface area contributed by atoms with E-state index in [0.29, 0.717) is 12.6 Å². The lowest BCUT2D eigenvalue weighted by Crippen LogP contribution is -3.14. The van der Waals surface area contributed by atoms with Crippen LogP contribution in [0.5, 0.6) is 0 Å². The molecule has 22 heavy (non-hydrogen) atoms. The van der Waals surface area contributed by atoms with Crippen molar-refractivity contribution in [2.24, 2.45) is 11.8 Å². The van der Waals surface area contributed by atoms with Crippen molar-refractivity contribution in [1.82, 2.24) is 10.2 Å². The Bertz CT molecular complexity index is 439. The summed E-state index contributed by atoms with van der Waals surface area (Å²) in [6.07, 6.45) is 7.40. The van der Waals surface area contributed by atoms with Gasteiger partial charge in [-0.15, -0.1) is 0 Å². The molecular weight excluding hydrogens is 278 g/mol. The molecule has 1 atom stereocenters. The lowest BCUT2D eigenvalue weighted by atomic mass is 9.77. The van der Waals surface area contributed by atoms with E-state index in [1.54, 1.807) is 0 Å². The van der Waals surface area contributed by atoms with Crippen molar-refractivity contribution in [2.45, 2.75) is 64.3 Å². The summed E-state index contributed by atoms with van der Waals surface area (Å²) in [4.78, 5) is 28.1. The zero-order chi connectivity index (χ0) is 15.7. The number of hydrogen-bond acceptors (Lipinski definition) is 2. The summed E-state index contributed by atoms with van der Waals surface area (Å²) in [6.45, 7) is 7.09.